The summed E-state index contributed by atoms with van der Waals surface area (Å²) in [6.07, 6.45) is 3.71. The van der Waals surface area contributed by atoms with Gasteiger partial charge in [0.25, 0.3) is 0 Å². The van der Waals surface area contributed by atoms with Gasteiger partial charge in [-0.3, -0.25) is 4.98 Å². The predicted octanol–water partition coefficient (Wildman–Crippen LogP) is 11.7. The number of pyridine rings is 1. The number of hydrogen-bond donors (Lipinski definition) is 0. The summed E-state index contributed by atoms with van der Waals surface area (Å²) < 4.78 is 0. The van der Waals surface area contributed by atoms with Crippen LogP contribution in [0.1, 0.15) is 25.0 Å². The molecule has 0 bridgehead atoms. The van der Waals surface area contributed by atoms with E-state index in [4.69, 9.17) is 9.97 Å². The molecule has 6 aromatic carbocycles. The molecule has 3 heteroatoms. The van der Waals surface area contributed by atoms with Crippen LogP contribution in [0.4, 0.5) is 0 Å². The maximum atomic E-state index is 5.22. The first-order valence-electron chi connectivity index (χ1n) is 16.8. The summed E-state index contributed by atoms with van der Waals surface area (Å²) in [6, 6.07) is 53.9. The summed E-state index contributed by atoms with van der Waals surface area (Å²) in [5.41, 5.74) is 14.7. The fourth-order valence-electron chi connectivity index (χ4n) is 7.50. The van der Waals surface area contributed by atoms with E-state index in [0.29, 0.717) is 5.82 Å². The average molecular weight is 628 g/mol. The Morgan fingerprint density at radius 1 is 0.408 bits per heavy atom. The van der Waals surface area contributed by atoms with Crippen molar-refractivity contribution in [2.45, 2.75) is 19.3 Å². The van der Waals surface area contributed by atoms with Crippen LogP contribution in [0.3, 0.4) is 0 Å². The van der Waals surface area contributed by atoms with Gasteiger partial charge in [-0.05, 0) is 97.7 Å². The second-order valence-electron chi connectivity index (χ2n) is 13.3. The zero-order valence-corrected chi connectivity index (χ0v) is 27.4. The molecule has 9 rings (SSSR count). The monoisotopic (exact) mass is 627 g/mol. The lowest BCUT2D eigenvalue weighted by Gasteiger charge is -2.23. The summed E-state index contributed by atoms with van der Waals surface area (Å²) in [7, 11) is 0. The van der Waals surface area contributed by atoms with Crippen LogP contribution >= 0.6 is 0 Å². The van der Waals surface area contributed by atoms with Crippen LogP contribution in [-0.2, 0) is 5.41 Å². The van der Waals surface area contributed by atoms with Crippen LogP contribution in [0.2, 0.25) is 0 Å². The standard InChI is InChI=1S/C46H33N3/c1-46(2)40-20-12-11-19-38(40)44-37-18-10-9-17-36(37)39(28-41(44)46)34-25-33(30-21-23-47-24-22-30)26-35(27-34)45-48-42(31-13-5-3-6-14-31)29-43(49-45)32-15-7-4-8-16-32/h3-29H,1-2H3. The predicted molar refractivity (Wildman–Crippen MR) is 202 cm³/mol. The zero-order chi connectivity index (χ0) is 33.0. The van der Waals surface area contributed by atoms with Crippen LogP contribution in [0.25, 0.3) is 78.1 Å². The lowest BCUT2D eigenvalue weighted by molar-refractivity contribution is 0.661. The fraction of sp³-hybridized carbons (Fsp3) is 0.0652. The van der Waals surface area contributed by atoms with Gasteiger partial charge in [0, 0.05) is 34.5 Å². The molecule has 0 atom stereocenters. The van der Waals surface area contributed by atoms with Gasteiger partial charge in [0.15, 0.2) is 5.82 Å². The molecule has 8 aromatic rings. The first-order chi connectivity index (χ1) is 24.0. The molecular formula is C46H33N3. The van der Waals surface area contributed by atoms with E-state index in [9.17, 15) is 0 Å². The molecule has 2 heterocycles. The quantitative estimate of drug-likeness (QED) is 0.191. The Labute approximate surface area is 286 Å². The van der Waals surface area contributed by atoms with Crippen molar-refractivity contribution in [3.63, 3.8) is 0 Å². The van der Waals surface area contributed by atoms with Gasteiger partial charge in [0.2, 0.25) is 0 Å². The Morgan fingerprint density at radius 2 is 0.980 bits per heavy atom. The van der Waals surface area contributed by atoms with Gasteiger partial charge >= 0.3 is 0 Å². The van der Waals surface area contributed by atoms with Gasteiger partial charge in [-0.15, -0.1) is 0 Å². The fourth-order valence-corrected chi connectivity index (χ4v) is 7.50. The Hall–Kier alpha value is -6.19. The lowest BCUT2D eigenvalue weighted by atomic mass is 9.80. The maximum absolute atomic E-state index is 5.22. The topological polar surface area (TPSA) is 38.7 Å². The summed E-state index contributed by atoms with van der Waals surface area (Å²) >= 11 is 0. The SMILES string of the molecule is CC1(C)c2ccccc2-c2c1cc(-c1cc(-c3ccncc3)cc(-c3nc(-c4ccccc4)cc(-c4ccccc4)n3)c1)c1ccccc21. The first kappa shape index (κ1) is 29.0. The van der Waals surface area contributed by atoms with Crippen molar-refractivity contribution in [3.8, 4) is 67.3 Å². The lowest BCUT2D eigenvalue weighted by Crippen LogP contribution is -2.15. The minimum absolute atomic E-state index is 0.131. The van der Waals surface area contributed by atoms with E-state index in [2.05, 4.69) is 158 Å². The molecule has 0 saturated carbocycles. The second-order valence-corrected chi connectivity index (χ2v) is 13.3. The molecule has 0 amide bonds. The van der Waals surface area contributed by atoms with E-state index in [0.717, 1.165) is 44.8 Å². The third kappa shape index (κ3) is 4.94. The highest BCUT2D eigenvalue weighted by Crippen LogP contribution is 2.53. The smallest absolute Gasteiger partial charge is 0.160 e. The van der Waals surface area contributed by atoms with E-state index in [1.807, 2.05) is 24.5 Å². The Bertz CT molecular complexity index is 2440. The van der Waals surface area contributed by atoms with E-state index in [1.165, 1.54) is 38.6 Å². The van der Waals surface area contributed by atoms with Gasteiger partial charge in [-0.2, -0.15) is 0 Å². The van der Waals surface area contributed by atoms with Gasteiger partial charge in [-0.25, -0.2) is 9.97 Å². The van der Waals surface area contributed by atoms with E-state index in [-0.39, 0.29) is 5.41 Å². The highest BCUT2D eigenvalue weighted by molar-refractivity contribution is 6.09. The summed E-state index contributed by atoms with van der Waals surface area (Å²) in [6.45, 7) is 4.70. The van der Waals surface area contributed by atoms with Crippen LogP contribution in [-0.4, -0.2) is 15.0 Å². The van der Waals surface area contributed by atoms with Crippen molar-refractivity contribution in [1.29, 1.82) is 0 Å². The highest BCUT2D eigenvalue weighted by Gasteiger charge is 2.37. The Balaban J connectivity index is 1.32. The normalized spacial score (nSPS) is 12.9. The molecular weight excluding hydrogens is 595 g/mol. The number of fused-ring (bicyclic) bond motifs is 5. The van der Waals surface area contributed by atoms with E-state index < -0.39 is 0 Å². The number of aromatic nitrogens is 3. The molecule has 0 saturated heterocycles. The number of benzene rings is 6. The van der Waals surface area contributed by atoms with Gasteiger partial charge in [-0.1, -0.05) is 123 Å². The molecule has 1 aliphatic carbocycles. The average Bonchev–Trinajstić information content (AvgIpc) is 3.41. The van der Waals surface area contributed by atoms with Crippen LogP contribution in [0.5, 0.6) is 0 Å². The molecule has 0 N–H and O–H groups in total. The van der Waals surface area contributed by atoms with Crippen molar-refractivity contribution in [2.75, 3.05) is 0 Å². The van der Waals surface area contributed by atoms with E-state index >= 15 is 0 Å². The van der Waals surface area contributed by atoms with Crippen molar-refractivity contribution >= 4 is 10.8 Å². The molecule has 232 valence electrons. The van der Waals surface area contributed by atoms with Gasteiger partial charge in [0.05, 0.1) is 11.4 Å². The molecule has 0 aliphatic heterocycles. The Morgan fingerprint density at radius 3 is 1.67 bits per heavy atom. The van der Waals surface area contributed by atoms with E-state index in [1.54, 1.807) is 0 Å². The van der Waals surface area contributed by atoms with Crippen LogP contribution in [0, 0.1) is 0 Å². The van der Waals surface area contributed by atoms with Crippen molar-refractivity contribution < 1.29 is 0 Å². The number of hydrogen-bond acceptors (Lipinski definition) is 3. The molecule has 2 aromatic heterocycles. The molecule has 0 radical (unpaired) electrons. The van der Waals surface area contributed by atoms with Crippen LogP contribution in [0.15, 0.2) is 164 Å². The largest absolute Gasteiger partial charge is 0.265 e. The van der Waals surface area contributed by atoms with Gasteiger partial charge in [0.1, 0.15) is 0 Å². The molecule has 0 fully saturated rings. The third-order valence-corrected chi connectivity index (χ3v) is 9.97. The maximum Gasteiger partial charge on any atom is 0.160 e. The van der Waals surface area contributed by atoms with Crippen LogP contribution < -0.4 is 0 Å². The number of nitrogens with zero attached hydrogens (tertiary/aromatic N) is 3. The Kier molecular flexibility index (Phi) is 6.80. The first-order valence-corrected chi connectivity index (χ1v) is 16.8. The minimum Gasteiger partial charge on any atom is -0.265 e. The van der Waals surface area contributed by atoms with Crippen molar-refractivity contribution in [2.24, 2.45) is 0 Å². The second kappa shape index (κ2) is 11.5. The summed E-state index contributed by atoms with van der Waals surface area (Å²) in [5.74, 6) is 0.690. The molecule has 49 heavy (non-hydrogen) atoms. The summed E-state index contributed by atoms with van der Waals surface area (Å²) in [5, 5.41) is 2.51. The van der Waals surface area contributed by atoms with Crippen molar-refractivity contribution in [1.82, 2.24) is 15.0 Å². The molecule has 1 aliphatic rings. The molecule has 3 nitrogen and oxygen atoms in total. The van der Waals surface area contributed by atoms with Crippen molar-refractivity contribution in [3.05, 3.63) is 175 Å². The molecule has 0 spiro atoms. The highest BCUT2D eigenvalue weighted by atomic mass is 14.9. The summed E-state index contributed by atoms with van der Waals surface area (Å²) in [4.78, 5) is 14.7. The molecule has 0 unspecified atom stereocenters. The van der Waals surface area contributed by atoms with Gasteiger partial charge < -0.3 is 0 Å². The zero-order valence-electron chi connectivity index (χ0n) is 27.4. The third-order valence-electron chi connectivity index (χ3n) is 9.97. The minimum atomic E-state index is -0.131. The number of rotatable bonds is 5.